The summed E-state index contributed by atoms with van der Waals surface area (Å²) in [6, 6.07) is 3.04. The lowest BCUT2D eigenvalue weighted by molar-refractivity contribution is -0.118. The molecule has 0 saturated heterocycles. The summed E-state index contributed by atoms with van der Waals surface area (Å²) in [6.07, 6.45) is 0. The van der Waals surface area contributed by atoms with Crippen LogP contribution in [0.15, 0.2) is 12.1 Å². The summed E-state index contributed by atoms with van der Waals surface area (Å²) in [7, 11) is -3.60. The zero-order valence-corrected chi connectivity index (χ0v) is 13.5. The van der Waals surface area contributed by atoms with Crippen LogP contribution in [-0.2, 0) is 21.4 Å². The van der Waals surface area contributed by atoms with E-state index in [9.17, 15) is 18.0 Å². The molecule has 0 spiro atoms. The molecule has 1 aromatic heterocycles. The molecule has 0 fully saturated rings. The molecule has 0 aliphatic heterocycles. The fourth-order valence-electron chi connectivity index (χ4n) is 1.70. The number of hydrogen-bond acceptors (Lipinski definition) is 5. The second-order valence-corrected chi connectivity index (χ2v) is 7.33. The molecular formula is C12H18N2O5S2. The summed E-state index contributed by atoms with van der Waals surface area (Å²) < 4.78 is 25.0. The third-order valence-electron chi connectivity index (χ3n) is 2.74. The molecule has 1 rings (SSSR count). The lowest BCUT2D eigenvalue weighted by atomic mass is 10.4. The minimum atomic E-state index is -3.60. The molecule has 0 saturated carbocycles. The zero-order valence-electron chi connectivity index (χ0n) is 11.8. The molecule has 1 heterocycles. The van der Waals surface area contributed by atoms with Crippen LogP contribution in [0.5, 0.6) is 0 Å². The second kappa shape index (κ2) is 7.53. The van der Waals surface area contributed by atoms with Crippen molar-refractivity contribution >= 4 is 33.2 Å². The summed E-state index contributed by atoms with van der Waals surface area (Å²) in [4.78, 5) is 23.2. The largest absolute Gasteiger partial charge is 0.477 e. The first-order chi connectivity index (χ1) is 9.80. The molecule has 0 aliphatic rings. The molecular weight excluding hydrogens is 316 g/mol. The Morgan fingerprint density at radius 1 is 1.29 bits per heavy atom. The van der Waals surface area contributed by atoms with Gasteiger partial charge in [0.15, 0.2) is 0 Å². The predicted molar refractivity (Wildman–Crippen MR) is 79.8 cm³/mol. The van der Waals surface area contributed by atoms with Crippen molar-refractivity contribution in [3.05, 3.63) is 21.9 Å². The van der Waals surface area contributed by atoms with E-state index in [-0.39, 0.29) is 11.4 Å². The van der Waals surface area contributed by atoms with E-state index in [0.717, 1.165) is 11.3 Å². The van der Waals surface area contributed by atoms with Crippen LogP contribution in [0.25, 0.3) is 0 Å². The number of amides is 1. The van der Waals surface area contributed by atoms with Gasteiger partial charge in [0.1, 0.15) is 10.6 Å². The molecule has 118 valence electrons. The number of nitrogens with zero attached hydrogens (tertiary/aromatic N) is 1. The van der Waals surface area contributed by atoms with E-state index in [4.69, 9.17) is 5.11 Å². The number of carbonyl (C=O) groups excluding carboxylic acids is 1. The highest BCUT2D eigenvalue weighted by molar-refractivity contribution is 7.89. The number of carboxylic acid groups (broad SMARTS) is 1. The maximum Gasteiger partial charge on any atom is 0.345 e. The number of aromatic carboxylic acids is 1. The van der Waals surface area contributed by atoms with E-state index >= 15 is 0 Å². The van der Waals surface area contributed by atoms with E-state index in [2.05, 4.69) is 5.32 Å². The first-order valence-electron chi connectivity index (χ1n) is 6.36. The predicted octanol–water partition coefficient (Wildman–Crippen LogP) is 0.734. The molecule has 0 atom stereocenters. The van der Waals surface area contributed by atoms with Crippen molar-refractivity contribution in [1.29, 1.82) is 0 Å². The molecule has 9 heteroatoms. The first-order valence-corrected chi connectivity index (χ1v) is 8.79. The number of rotatable bonds is 8. The van der Waals surface area contributed by atoms with Crippen molar-refractivity contribution in [2.75, 3.05) is 18.8 Å². The number of hydrogen-bond donors (Lipinski definition) is 2. The third-order valence-corrected chi connectivity index (χ3v) is 5.75. The minimum absolute atomic E-state index is 0.116. The molecule has 0 bridgehead atoms. The molecule has 0 aromatic carbocycles. The van der Waals surface area contributed by atoms with Crippen molar-refractivity contribution in [2.24, 2.45) is 0 Å². The Bertz CT molecular complexity index is 605. The van der Waals surface area contributed by atoms with E-state index in [1.54, 1.807) is 19.9 Å². The van der Waals surface area contributed by atoms with Gasteiger partial charge in [-0.25, -0.2) is 17.5 Å². The normalized spacial score (nSPS) is 11.6. The van der Waals surface area contributed by atoms with Crippen LogP contribution >= 0.6 is 11.3 Å². The highest BCUT2D eigenvalue weighted by Gasteiger charge is 2.22. The van der Waals surface area contributed by atoms with Crippen LogP contribution in [0.4, 0.5) is 0 Å². The summed E-state index contributed by atoms with van der Waals surface area (Å²) >= 11 is 1.04. The topological polar surface area (TPSA) is 104 Å². The average Bonchev–Trinajstić information content (AvgIpc) is 2.85. The van der Waals surface area contributed by atoms with Gasteiger partial charge in [-0.2, -0.15) is 0 Å². The third kappa shape index (κ3) is 5.10. The summed E-state index contributed by atoms with van der Waals surface area (Å²) in [5.74, 6) is -2.24. The Morgan fingerprint density at radius 3 is 2.38 bits per heavy atom. The lowest BCUT2D eigenvalue weighted by Crippen LogP contribution is -2.39. The second-order valence-electron chi connectivity index (χ2n) is 4.19. The van der Waals surface area contributed by atoms with Gasteiger partial charge in [0, 0.05) is 18.0 Å². The van der Waals surface area contributed by atoms with Gasteiger partial charge in [0.2, 0.25) is 15.9 Å². The molecule has 1 aromatic rings. The van der Waals surface area contributed by atoms with Crippen molar-refractivity contribution in [3.8, 4) is 0 Å². The van der Waals surface area contributed by atoms with Crippen molar-refractivity contribution in [1.82, 2.24) is 9.62 Å². The van der Waals surface area contributed by atoms with Crippen LogP contribution in [-0.4, -0.2) is 48.5 Å². The molecule has 0 aliphatic carbocycles. The average molecular weight is 334 g/mol. The number of carboxylic acids is 1. The fraction of sp³-hybridized carbons (Fsp3) is 0.500. The van der Waals surface area contributed by atoms with Gasteiger partial charge in [0.25, 0.3) is 0 Å². The van der Waals surface area contributed by atoms with E-state index < -0.39 is 27.7 Å². The lowest BCUT2D eigenvalue weighted by Gasteiger charge is -2.17. The van der Waals surface area contributed by atoms with Gasteiger partial charge >= 0.3 is 5.97 Å². The summed E-state index contributed by atoms with van der Waals surface area (Å²) in [5.41, 5.74) is 0. The zero-order chi connectivity index (χ0) is 16.0. The van der Waals surface area contributed by atoms with Gasteiger partial charge in [-0.05, 0) is 12.1 Å². The number of carbonyl (C=O) groups is 2. The van der Waals surface area contributed by atoms with Crippen LogP contribution in [0, 0.1) is 0 Å². The smallest absolute Gasteiger partial charge is 0.345 e. The maximum atomic E-state index is 11.9. The highest BCUT2D eigenvalue weighted by atomic mass is 32.2. The van der Waals surface area contributed by atoms with Crippen molar-refractivity contribution in [2.45, 2.75) is 20.4 Å². The highest BCUT2D eigenvalue weighted by Crippen LogP contribution is 2.16. The Kier molecular flexibility index (Phi) is 6.31. The fourth-order valence-corrected chi connectivity index (χ4v) is 3.89. The van der Waals surface area contributed by atoms with Gasteiger partial charge in [-0.3, -0.25) is 4.79 Å². The SMILES string of the molecule is CCN(CC)S(=O)(=O)CC(=O)NCc1ccc(C(=O)O)s1. The Morgan fingerprint density at radius 2 is 1.90 bits per heavy atom. The summed E-state index contributed by atoms with van der Waals surface area (Å²) in [5, 5.41) is 11.3. The Hall–Kier alpha value is -1.45. The maximum absolute atomic E-state index is 11.9. The van der Waals surface area contributed by atoms with Gasteiger partial charge in [0.05, 0.1) is 6.54 Å². The van der Waals surface area contributed by atoms with Crippen molar-refractivity contribution < 1.29 is 23.1 Å². The van der Waals surface area contributed by atoms with Crippen LogP contribution in [0.2, 0.25) is 0 Å². The quantitative estimate of drug-likeness (QED) is 0.729. The van der Waals surface area contributed by atoms with E-state index in [0.29, 0.717) is 18.0 Å². The summed E-state index contributed by atoms with van der Waals surface area (Å²) in [6.45, 7) is 4.17. The van der Waals surface area contributed by atoms with Crippen LogP contribution < -0.4 is 5.32 Å². The molecule has 1 amide bonds. The van der Waals surface area contributed by atoms with Crippen molar-refractivity contribution in [3.63, 3.8) is 0 Å². The van der Waals surface area contributed by atoms with Crippen LogP contribution in [0.1, 0.15) is 28.4 Å². The number of thiophene rings is 1. The number of sulfonamides is 1. The van der Waals surface area contributed by atoms with Gasteiger partial charge in [-0.1, -0.05) is 13.8 Å². The Labute approximate surface area is 127 Å². The molecule has 0 radical (unpaired) electrons. The van der Waals surface area contributed by atoms with E-state index in [1.165, 1.54) is 10.4 Å². The molecule has 0 unspecified atom stereocenters. The molecule has 2 N–H and O–H groups in total. The van der Waals surface area contributed by atoms with E-state index in [1.807, 2.05) is 0 Å². The monoisotopic (exact) mass is 334 g/mol. The molecule has 21 heavy (non-hydrogen) atoms. The Balaban J connectivity index is 2.56. The first kappa shape index (κ1) is 17.6. The minimum Gasteiger partial charge on any atom is -0.477 e. The number of nitrogens with one attached hydrogen (secondary N) is 1. The van der Waals surface area contributed by atoms with Gasteiger partial charge < -0.3 is 10.4 Å². The van der Waals surface area contributed by atoms with Gasteiger partial charge in [-0.15, -0.1) is 11.3 Å². The molecule has 7 nitrogen and oxygen atoms in total. The standard InChI is InChI=1S/C12H18N2O5S2/c1-3-14(4-2)21(18,19)8-11(15)13-7-9-5-6-10(20-9)12(16)17/h5-6H,3-4,7-8H2,1-2H3,(H,13,15)(H,16,17). The van der Waals surface area contributed by atoms with Crippen LogP contribution in [0.3, 0.4) is 0 Å².